The molecule has 9 nitrogen and oxygen atoms in total. The van der Waals surface area contributed by atoms with Crippen molar-refractivity contribution in [3.63, 3.8) is 0 Å². The number of nitrogens with one attached hydrogen (secondary N) is 2. The zero-order valence-corrected chi connectivity index (χ0v) is 24.8. The number of unbranched alkanes of at least 4 members (excludes halogenated alkanes) is 6. The summed E-state index contributed by atoms with van der Waals surface area (Å²) in [6, 6.07) is 8.36. The quantitative estimate of drug-likeness (QED) is 0.206. The molecular formula is C31H49N3O6. The highest BCUT2D eigenvalue weighted by Crippen LogP contribution is 2.27. The van der Waals surface area contributed by atoms with Crippen LogP contribution in [0.2, 0.25) is 0 Å². The van der Waals surface area contributed by atoms with Crippen molar-refractivity contribution < 1.29 is 28.7 Å². The van der Waals surface area contributed by atoms with Crippen molar-refractivity contribution in [3.05, 3.63) is 35.9 Å². The van der Waals surface area contributed by atoms with Crippen LogP contribution < -0.4 is 10.6 Å². The van der Waals surface area contributed by atoms with Gasteiger partial charge in [-0.25, -0.2) is 9.59 Å². The summed E-state index contributed by atoms with van der Waals surface area (Å²) in [6.07, 6.45) is 8.73. The molecular weight excluding hydrogens is 510 g/mol. The molecule has 2 amide bonds. The molecule has 1 fully saturated rings. The van der Waals surface area contributed by atoms with Crippen molar-refractivity contribution in [2.45, 2.75) is 96.7 Å². The topological polar surface area (TPSA) is 114 Å². The average Bonchev–Trinajstić information content (AvgIpc) is 3.39. The van der Waals surface area contributed by atoms with Gasteiger partial charge in [0.05, 0.1) is 26.1 Å². The van der Waals surface area contributed by atoms with E-state index in [2.05, 4.69) is 29.4 Å². The molecule has 9 heteroatoms. The lowest BCUT2D eigenvalue weighted by Gasteiger charge is -2.23. The first-order valence-corrected chi connectivity index (χ1v) is 14.9. The zero-order chi connectivity index (χ0) is 29.3. The Morgan fingerprint density at radius 1 is 0.750 bits per heavy atom. The fraction of sp³-hybridized carbons (Fsp3) is 0.677. The van der Waals surface area contributed by atoms with E-state index in [4.69, 9.17) is 9.47 Å². The number of methoxy groups -OCH3 is 2. The standard InChI is InChI=1S/C31H49N3O6/c1-5-7-9-14-18-26(30(37)39-3)32-28(35)24-21-34(20-23-16-12-11-13-17-23)22-25(24)29(36)33-27(31(38)40-4)19-15-10-8-6-2/h11-13,16-17,24-27H,5-10,14-15,18-22H2,1-4H3,(H,32,35)(H,33,36)/t24-,25-,26-,27-/m0/s1. The summed E-state index contributed by atoms with van der Waals surface area (Å²) in [7, 11) is 2.63. The molecule has 0 spiro atoms. The maximum atomic E-state index is 13.6. The van der Waals surface area contributed by atoms with Crippen LogP contribution in [-0.2, 0) is 35.2 Å². The Balaban J connectivity index is 2.18. The maximum Gasteiger partial charge on any atom is 0.328 e. The minimum absolute atomic E-state index is 0.348. The van der Waals surface area contributed by atoms with Gasteiger partial charge >= 0.3 is 11.9 Å². The van der Waals surface area contributed by atoms with Crippen LogP contribution in [-0.4, -0.2) is 68.0 Å². The van der Waals surface area contributed by atoms with Gasteiger partial charge in [0.15, 0.2) is 0 Å². The van der Waals surface area contributed by atoms with Crippen molar-refractivity contribution in [2.24, 2.45) is 11.8 Å². The molecule has 0 unspecified atom stereocenters. The lowest BCUT2D eigenvalue weighted by molar-refractivity contribution is -0.147. The minimum atomic E-state index is -0.761. The van der Waals surface area contributed by atoms with Gasteiger partial charge in [0.25, 0.3) is 0 Å². The number of likely N-dealkylation sites (tertiary alicyclic amines) is 1. The number of carbonyl (C=O) groups is 4. The highest BCUT2D eigenvalue weighted by molar-refractivity contribution is 5.92. The number of amides is 2. The minimum Gasteiger partial charge on any atom is -0.467 e. The Bertz CT molecular complexity index is 871. The third-order valence-electron chi connectivity index (χ3n) is 7.62. The Labute approximate surface area is 239 Å². The Kier molecular flexibility index (Phi) is 15.3. The second kappa shape index (κ2) is 18.4. The monoisotopic (exact) mass is 559 g/mol. The third-order valence-corrected chi connectivity index (χ3v) is 7.62. The van der Waals surface area contributed by atoms with Crippen molar-refractivity contribution in [3.8, 4) is 0 Å². The lowest BCUT2D eigenvalue weighted by atomic mass is 9.93. The molecule has 0 radical (unpaired) electrons. The van der Waals surface area contributed by atoms with E-state index >= 15 is 0 Å². The number of esters is 2. The smallest absolute Gasteiger partial charge is 0.328 e. The Morgan fingerprint density at radius 2 is 1.20 bits per heavy atom. The van der Waals surface area contributed by atoms with E-state index in [-0.39, 0.29) is 11.8 Å². The number of ether oxygens (including phenoxy) is 2. The Hall–Kier alpha value is -2.94. The second-order valence-corrected chi connectivity index (χ2v) is 10.8. The van der Waals surface area contributed by atoms with E-state index in [1.165, 1.54) is 14.2 Å². The summed E-state index contributed by atoms with van der Waals surface area (Å²) >= 11 is 0. The summed E-state index contributed by atoms with van der Waals surface area (Å²) in [4.78, 5) is 54.2. The predicted molar refractivity (Wildman–Crippen MR) is 154 cm³/mol. The van der Waals surface area contributed by atoms with E-state index < -0.39 is 35.9 Å². The average molecular weight is 560 g/mol. The van der Waals surface area contributed by atoms with Crippen LogP contribution in [0.4, 0.5) is 0 Å². The molecule has 0 saturated carbocycles. The van der Waals surface area contributed by atoms with E-state index in [1.54, 1.807) is 0 Å². The summed E-state index contributed by atoms with van der Waals surface area (Å²) in [5.41, 5.74) is 1.08. The number of benzene rings is 1. The molecule has 1 aromatic carbocycles. The molecule has 224 valence electrons. The van der Waals surface area contributed by atoms with Crippen LogP contribution in [0, 0.1) is 11.8 Å². The van der Waals surface area contributed by atoms with E-state index in [1.807, 2.05) is 30.3 Å². The molecule has 2 N–H and O–H groups in total. The normalized spacial score (nSPS) is 18.5. The van der Waals surface area contributed by atoms with Gasteiger partial charge in [-0.05, 0) is 18.4 Å². The zero-order valence-electron chi connectivity index (χ0n) is 24.8. The fourth-order valence-corrected chi connectivity index (χ4v) is 5.28. The molecule has 0 aromatic heterocycles. The van der Waals surface area contributed by atoms with Gasteiger partial charge in [-0.3, -0.25) is 14.5 Å². The van der Waals surface area contributed by atoms with Gasteiger partial charge in [0.1, 0.15) is 12.1 Å². The molecule has 4 atom stereocenters. The van der Waals surface area contributed by atoms with E-state index in [0.29, 0.717) is 32.5 Å². The van der Waals surface area contributed by atoms with Crippen molar-refractivity contribution in [1.82, 2.24) is 15.5 Å². The molecule has 2 rings (SSSR count). The highest BCUT2D eigenvalue weighted by Gasteiger charge is 2.43. The van der Waals surface area contributed by atoms with Crippen molar-refractivity contribution in [2.75, 3.05) is 27.3 Å². The molecule has 0 aliphatic carbocycles. The summed E-state index contributed by atoms with van der Waals surface area (Å²) < 4.78 is 9.92. The molecule has 1 saturated heterocycles. The number of nitrogens with zero attached hydrogens (tertiary/aromatic N) is 1. The third kappa shape index (κ3) is 10.9. The van der Waals surface area contributed by atoms with Crippen LogP contribution in [0.3, 0.4) is 0 Å². The van der Waals surface area contributed by atoms with Gasteiger partial charge in [0.2, 0.25) is 11.8 Å². The predicted octanol–water partition coefficient (Wildman–Crippen LogP) is 3.99. The van der Waals surface area contributed by atoms with Crippen molar-refractivity contribution in [1.29, 1.82) is 0 Å². The Morgan fingerprint density at radius 3 is 1.60 bits per heavy atom. The van der Waals surface area contributed by atoms with Gasteiger partial charge in [-0.1, -0.05) is 95.5 Å². The summed E-state index contributed by atoms with van der Waals surface area (Å²) in [5.74, 6) is -3.02. The molecule has 1 aliphatic heterocycles. The number of hydrogen-bond acceptors (Lipinski definition) is 7. The molecule has 1 aromatic rings. The van der Waals surface area contributed by atoms with Crippen LogP contribution in [0.15, 0.2) is 30.3 Å². The van der Waals surface area contributed by atoms with Crippen LogP contribution >= 0.6 is 0 Å². The van der Waals surface area contributed by atoms with Gasteiger partial charge in [0, 0.05) is 19.6 Å². The van der Waals surface area contributed by atoms with Crippen LogP contribution in [0.25, 0.3) is 0 Å². The maximum absolute atomic E-state index is 13.6. The highest BCUT2D eigenvalue weighted by atomic mass is 16.5. The molecule has 40 heavy (non-hydrogen) atoms. The lowest BCUT2D eigenvalue weighted by Crippen LogP contribution is -2.50. The molecule has 1 heterocycles. The molecule has 0 bridgehead atoms. The van der Waals surface area contributed by atoms with Crippen LogP contribution in [0.1, 0.15) is 83.6 Å². The largest absolute Gasteiger partial charge is 0.467 e. The first-order valence-electron chi connectivity index (χ1n) is 14.9. The SMILES string of the molecule is CCCCCC[C@H](NC(=O)[C@H]1CN(Cc2ccccc2)C[C@@H]1C(=O)N[C@@H](CCCCCC)C(=O)OC)C(=O)OC. The first-order chi connectivity index (χ1) is 19.3. The van der Waals surface area contributed by atoms with Gasteiger partial charge in [-0.15, -0.1) is 0 Å². The molecule has 1 aliphatic rings. The summed E-state index contributed by atoms with van der Waals surface area (Å²) in [6.45, 7) is 5.54. The summed E-state index contributed by atoms with van der Waals surface area (Å²) in [5, 5.41) is 5.76. The number of hydrogen-bond donors (Lipinski definition) is 2. The van der Waals surface area contributed by atoms with Gasteiger partial charge in [-0.2, -0.15) is 0 Å². The van der Waals surface area contributed by atoms with Crippen molar-refractivity contribution >= 4 is 23.8 Å². The van der Waals surface area contributed by atoms with Crippen LogP contribution in [0.5, 0.6) is 0 Å². The van der Waals surface area contributed by atoms with E-state index in [9.17, 15) is 19.2 Å². The first kappa shape index (κ1) is 33.3. The number of carbonyl (C=O) groups excluding carboxylic acids is 4. The van der Waals surface area contributed by atoms with E-state index in [0.717, 1.165) is 56.9 Å². The fourth-order valence-electron chi connectivity index (χ4n) is 5.28. The number of rotatable bonds is 18. The second-order valence-electron chi connectivity index (χ2n) is 10.8. The van der Waals surface area contributed by atoms with Gasteiger partial charge < -0.3 is 20.1 Å².